The van der Waals surface area contributed by atoms with Gasteiger partial charge in [0.05, 0.1) is 0 Å². The number of hydrogen-bond donors (Lipinski definition) is 1. The van der Waals surface area contributed by atoms with Gasteiger partial charge in [-0.1, -0.05) is 5.16 Å². The third kappa shape index (κ3) is 1.56. The Morgan fingerprint density at radius 1 is 1.40 bits per heavy atom. The summed E-state index contributed by atoms with van der Waals surface area (Å²) in [6.45, 7) is 0. The molecule has 0 radical (unpaired) electrons. The molecule has 2 aromatic rings. The average Bonchev–Trinajstić information content (AvgIpc) is 2.97. The third-order valence-corrected chi connectivity index (χ3v) is 2.41. The van der Waals surface area contributed by atoms with Crippen LogP contribution in [0.3, 0.4) is 0 Å². The second-order valence-electron chi connectivity index (χ2n) is 3.70. The Kier molecular flexibility index (Phi) is 1.71. The lowest BCUT2D eigenvalue weighted by molar-refractivity contribution is 0.422. The highest BCUT2D eigenvalue weighted by atomic mass is 16.5. The van der Waals surface area contributed by atoms with Crippen molar-refractivity contribution in [1.29, 1.82) is 0 Å². The van der Waals surface area contributed by atoms with Gasteiger partial charge in [0.15, 0.2) is 5.82 Å². The minimum absolute atomic E-state index is 0.457. The van der Waals surface area contributed by atoms with E-state index in [1.54, 1.807) is 18.3 Å². The van der Waals surface area contributed by atoms with Gasteiger partial charge in [0.25, 0.3) is 5.89 Å². The second kappa shape index (κ2) is 3.05. The zero-order valence-electron chi connectivity index (χ0n) is 8.05. The number of nitrogens with zero attached hydrogens (tertiary/aromatic N) is 3. The van der Waals surface area contributed by atoms with E-state index in [4.69, 9.17) is 10.3 Å². The van der Waals surface area contributed by atoms with Crippen LogP contribution in [0, 0.1) is 0 Å². The van der Waals surface area contributed by atoms with E-state index < -0.39 is 0 Å². The maximum absolute atomic E-state index is 5.57. The summed E-state index contributed by atoms with van der Waals surface area (Å²) in [6, 6.07) is 3.53. The molecule has 1 aliphatic carbocycles. The van der Waals surface area contributed by atoms with Crippen LogP contribution in [0.1, 0.15) is 24.6 Å². The van der Waals surface area contributed by atoms with Gasteiger partial charge in [-0.15, -0.1) is 0 Å². The Hall–Kier alpha value is -1.91. The maximum Gasteiger partial charge on any atom is 0.258 e. The molecule has 1 fully saturated rings. The monoisotopic (exact) mass is 202 g/mol. The summed E-state index contributed by atoms with van der Waals surface area (Å²) in [5.41, 5.74) is 6.40. The third-order valence-electron chi connectivity index (χ3n) is 2.41. The lowest BCUT2D eigenvalue weighted by Gasteiger charge is -1.94. The predicted octanol–water partition coefficient (Wildman–Crippen LogP) is 1.59. The van der Waals surface area contributed by atoms with Crippen LogP contribution in [0.2, 0.25) is 0 Å². The Balaban J connectivity index is 1.97. The van der Waals surface area contributed by atoms with E-state index in [2.05, 4.69) is 15.1 Å². The average molecular weight is 202 g/mol. The molecular weight excluding hydrogens is 192 g/mol. The molecule has 2 aromatic heterocycles. The minimum Gasteiger partial charge on any atom is -0.384 e. The summed E-state index contributed by atoms with van der Waals surface area (Å²) >= 11 is 0. The summed E-state index contributed by atoms with van der Waals surface area (Å²) in [7, 11) is 0. The first-order valence-corrected chi connectivity index (χ1v) is 4.88. The van der Waals surface area contributed by atoms with Gasteiger partial charge in [-0.05, 0) is 25.0 Å². The molecule has 2 heterocycles. The van der Waals surface area contributed by atoms with Crippen LogP contribution in [0.5, 0.6) is 0 Å². The van der Waals surface area contributed by atoms with Gasteiger partial charge in [0.1, 0.15) is 5.82 Å². The summed E-state index contributed by atoms with van der Waals surface area (Å²) < 4.78 is 5.16. The molecule has 5 nitrogen and oxygen atoms in total. The van der Waals surface area contributed by atoms with E-state index in [-0.39, 0.29) is 0 Å². The Labute approximate surface area is 86.3 Å². The predicted molar refractivity (Wildman–Crippen MR) is 53.9 cm³/mol. The molecule has 0 spiro atoms. The van der Waals surface area contributed by atoms with Crippen molar-refractivity contribution in [2.75, 3.05) is 5.73 Å². The molecule has 0 amide bonds. The first-order valence-electron chi connectivity index (χ1n) is 4.88. The molecule has 1 saturated carbocycles. The van der Waals surface area contributed by atoms with Crippen LogP contribution in [0.25, 0.3) is 11.5 Å². The number of pyridine rings is 1. The van der Waals surface area contributed by atoms with E-state index in [1.165, 1.54) is 0 Å². The van der Waals surface area contributed by atoms with Crippen LogP contribution in [-0.4, -0.2) is 15.1 Å². The molecule has 0 unspecified atom stereocenters. The molecule has 5 heteroatoms. The van der Waals surface area contributed by atoms with Crippen molar-refractivity contribution in [3.8, 4) is 11.5 Å². The van der Waals surface area contributed by atoms with Crippen molar-refractivity contribution in [1.82, 2.24) is 15.1 Å². The first-order chi connectivity index (χ1) is 7.33. The number of rotatable bonds is 2. The number of nitrogens with two attached hydrogens (primary N) is 1. The fourth-order valence-corrected chi connectivity index (χ4v) is 1.44. The normalized spacial score (nSPS) is 15.5. The zero-order chi connectivity index (χ0) is 10.3. The Morgan fingerprint density at radius 2 is 2.27 bits per heavy atom. The van der Waals surface area contributed by atoms with Crippen molar-refractivity contribution in [2.45, 2.75) is 18.8 Å². The number of nitrogen functional groups attached to an aromatic ring is 1. The van der Waals surface area contributed by atoms with Crippen LogP contribution in [-0.2, 0) is 0 Å². The highest BCUT2D eigenvalue weighted by Crippen LogP contribution is 2.38. The van der Waals surface area contributed by atoms with Crippen molar-refractivity contribution in [2.24, 2.45) is 0 Å². The molecule has 0 aliphatic heterocycles. The van der Waals surface area contributed by atoms with Crippen molar-refractivity contribution in [3.05, 3.63) is 24.2 Å². The van der Waals surface area contributed by atoms with Gasteiger partial charge >= 0.3 is 0 Å². The van der Waals surface area contributed by atoms with Crippen molar-refractivity contribution < 1.29 is 4.52 Å². The van der Waals surface area contributed by atoms with E-state index in [9.17, 15) is 0 Å². The van der Waals surface area contributed by atoms with Gasteiger partial charge < -0.3 is 10.3 Å². The topological polar surface area (TPSA) is 77.8 Å². The summed E-state index contributed by atoms with van der Waals surface area (Å²) in [6.07, 6.45) is 3.96. The van der Waals surface area contributed by atoms with Gasteiger partial charge in [-0.3, -0.25) is 0 Å². The summed E-state index contributed by atoms with van der Waals surface area (Å²) in [4.78, 5) is 8.23. The molecule has 15 heavy (non-hydrogen) atoms. The minimum atomic E-state index is 0.457. The molecule has 2 N–H and O–H groups in total. The van der Waals surface area contributed by atoms with Crippen molar-refractivity contribution in [3.63, 3.8) is 0 Å². The lowest BCUT2D eigenvalue weighted by Crippen LogP contribution is -1.89. The van der Waals surface area contributed by atoms with Gasteiger partial charge in [0.2, 0.25) is 0 Å². The number of aromatic nitrogens is 3. The van der Waals surface area contributed by atoms with Gasteiger partial charge in [0, 0.05) is 17.7 Å². The molecule has 1 aliphatic rings. The molecule has 0 bridgehead atoms. The molecule has 3 rings (SSSR count). The summed E-state index contributed by atoms with van der Waals surface area (Å²) in [5.74, 6) is 2.28. The van der Waals surface area contributed by atoms with E-state index in [0.29, 0.717) is 17.6 Å². The van der Waals surface area contributed by atoms with E-state index >= 15 is 0 Å². The smallest absolute Gasteiger partial charge is 0.258 e. The fraction of sp³-hybridized carbons (Fsp3) is 0.300. The highest BCUT2D eigenvalue weighted by molar-refractivity contribution is 5.56. The van der Waals surface area contributed by atoms with Crippen LogP contribution < -0.4 is 5.73 Å². The number of hydrogen-bond acceptors (Lipinski definition) is 5. The first kappa shape index (κ1) is 8.40. The Morgan fingerprint density at radius 3 is 3.00 bits per heavy atom. The highest BCUT2D eigenvalue weighted by Gasteiger charge is 2.28. The van der Waals surface area contributed by atoms with Crippen LogP contribution in [0.4, 0.5) is 5.82 Å². The Bertz CT molecular complexity index is 490. The SMILES string of the molecule is Nc1cc(-c2nc(C3CC3)no2)ccn1. The maximum atomic E-state index is 5.57. The molecular formula is C10H10N4O. The standard InChI is InChI=1S/C10H10N4O/c11-8-5-7(3-4-12-8)10-13-9(14-15-10)6-1-2-6/h3-6H,1-2H2,(H2,11,12). The summed E-state index contributed by atoms with van der Waals surface area (Å²) in [5, 5.41) is 3.94. The molecule has 0 aromatic carbocycles. The van der Waals surface area contributed by atoms with E-state index in [1.807, 2.05) is 0 Å². The van der Waals surface area contributed by atoms with Gasteiger partial charge in [-0.25, -0.2) is 4.98 Å². The van der Waals surface area contributed by atoms with Crippen LogP contribution >= 0.6 is 0 Å². The quantitative estimate of drug-likeness (QED) is 0.800. The second-order valence-corrected chi connectivity index (χ2v) is 3.70. The molecule has 0 saturated heterocycles. The lowest BCUT2D eigenvalue weighted by atomic mass is 10.2. The van der Waals surface area contributed by atoms with Gasteiger partial charge in [-0.2, -0.15) is 4.98 Å². The molecule has 0 atom stereocenters. The number of anilines is 1. The van der Waals surface area contributed by atoms with E-state index in [0.717, 1.165) is 24.2 Å². The fourth-order valence-electron chi connectivity index (χ4n) is 1.44. The largest absolute Gasteiger partial charge is 0.384 e. The van der Waals surface area contributed by atoms with Crippen LogP contribution in [0.15, 0.2) is 22.9 Å². The zero-order valence-corrected chi connectivity index (χ0v) is 8.05. The van der Waals surface area contributed by atoms with Crippen molar-refractivity contribution >= 4 is 5.82 Å². The molecule has 76 valence electrons.